The van der Waals surface area contributed by atoms with Gasteiger partial charge < -0.3 is 14.8 Å². The van der Waals surface area contributed by atoms with Gasteiger partial charge in [-0.2, -0.15) is 0 Å². The molecule has 1 heterocycles. The molecule has 0 amide bonds. The Hall–Kier alpha value is -2.08. The zero-order valence-corrected chi connectivity index (χ0v) is 10.8. The number of nitrogens with one attached hydrogen (secondary N) is 2. The van der Waals surface area contributed by atoms with Gasteiger partial charge in [-0.3, -0.25) is 9.78 Å². The zero-order valence-electron chi connectivity index (χ0n) is 10.8. The number of oxazole rings is 1. The number of hydrogen-bond donors (Lipinski definition) is 3. The highest BCUT2D eigenvalue weighted by Gasteiger charge is 2.19. The average Bonchev–Trinajstić information content (AvgIpc) is 2.74. The van der Waals surface area contributed by atoms with Crippen molar-refractivity contribution in [3.05, 3.63) is 34.3 Å². The number of carboxylic acid groups (broad SMARTS) is 1. The van der Waals surface area contributed by atoms with Gasteiger partial charge in [-0.15, -0.1) is 0 Å². The summed E-state index contributed by atoms with van der Waals surface area (Å²) >= 11 is 0. The van der Waals surface area contributed by atoms with Crippen LogP contribution in [0.25, 0.3) is 11.1 Å². The molecule has 0 aliphatic heterocycles. The van der Waals surface area contributed by atoms with Gasteiger partial charge in [0, 0.05) is 6.04 Å². The van der Waals surface area contributed by atoms with Gasteiger partial charge in [0.1, 0.15) is 0 Å². The molecule has 2 rings (SSSR count). The van der Waals surface area contributed by atoms with E-state index < -0.39 is 17.6 Å². The lowest BCUT2D eigenvalue weighted by molar-refractivity contribution is -0.141. The Morgan fingerprint density at radius 1 is 1.53 bits per heavy atom. The van der Waals surface area contributed by atoms with Gasteiger partial charge in [0.25, 0.3) is 0 Å². The van der Waals surface area contributed by atoms with Gasteiger partial charge in [-0.1, -0.05) is 13.0 Å². The van der Waals surface area contributed by atoms with E-state index in [2.05, 4.69) is 10.3 Å². The molecule has 0 spiro atoms. The fourth-order valence-electron chi connectivity index (χ4n) is 2.06. The van der Waals surface area contributed by atoms with Crippen molar-refractivity contribution in [3.8, 4) is 0 Å². The number of aromatic nitrogens is 1. The molecule has 0 aliphatic carbocycles. The molecule has 0 saturated carbocycles. The first kappa shape index (κ1) is 13.4. The van der Waals surface area contributed by atoms with Gasteiger partial charge in [0.05, 0.1) is 11.4 Å². The molecular formula is C13H16N2O4. The number of aromatic amines is 1. The maximum Gasteiger partial charge on any atom is 0.417 e. The molecule has 0 bridgehead atoms. The smallest absolute Gasteiger partial charge is 0.417 e. The van der Waals surface area contributed by atoms with Crippen LogP contribution in [-0.4, -0.2) is 23.1 Å². The van der Waals surface area contributed by atoms with Crippen LogP contribution < -0.4 is 11.1 Å². The maximum absolute atomic E-state index is 11.1. The van der Waals surface area contributed by atoms with Crippen molar-refractivity contribution in [3.63, 3.8) is 0 Å². The predicted octanol–water partition coefficient (Wildman–Crippen LogP) is 1.49. The summed E-state index contributed by atoms with van der Waals surface area (Å²) in [7, 11) is 1.78. The molecule has 1 aromatic carbocycles. The molecule has 0 aliphatic rings. The third-order valence-corrected chi connectivity index (χ3v) is 3.20. The largest absolute Gasteiger partial charge is 0.481 e. The van der Waals surface area contributed by atoms with Crippen LogP contribution in [0.4, 0.5) is 0 Å². The Balaban J connectivity index is 2.29. The molecule has 102 valence electrons. The first-order valence-corrected chi connectivity index (χ1v) is 6.04. The third kappa shape index (κ3) is 2.85. The van der Waals surface area contributed by atoms with Crippen LogP contribution in [-0.2, 0) is 4.79 Å². The summed E-state index contributed by atoms with van der Waals surface area (Å²) in [6.45, 7) is 1.67. The summed E-state index contributed by atoms with van der Waals surface area (Å²) in [5.41, 5.74) is 2.03. The van der Waals surface area contributed by atoms with Crippen molar-refractivity contribution in [1.29, 1.82) is 0 Å². The molecule has 6 heteroatoms. The highest BCUT2D eigenvalue weighted by molar-refractivity contribution is 5.73. The van der Waals surface area contributed by atoms with Crippen molar-refractivity contribution in [2.75, 3.05) is 7.05 Å². The van der Waals surface area contributed by atoms with Crippen molar-refractivity contribution in [2.24, 2.45) is 5.92 Å². The van der Waals surface area contributed by atoms with Crippen LogP contribution in [0, 0.1) is 5.92 Å². The number of fused-ring (bicyclic) bond motifs is 1. The van der Waals surface area contributed by atoms with E-state index in [9.17, 15) is 9.59 Å². The Bertz CT molecular complexity index is 643. The number of hydrogen-bond acceptors (Lipinski definition) is 4. The molecule has 2 atom stereocenters. The second-order valence-corrected chi connectivity index (χ2v) is 4.59. The zero-order chi connectivity index (χ0) is 14.0. The molecule has 0 radical (unpaired) electrons. The average molecular weight is 264 g/mol. The van der Waals surface area contributed by atoms with Crippen molar-refractivity contribution in [1.82, 2.24) is 10.3 Å². The Kier molecular flexibility index (Phi) is 3.71. The lowest BCUT2D eigenvalue weighted by Gasteiger charge is -2.18. The van der Waals surface area contributed by atoms with E-state index in [-0.39, 0.29) is 6.04 Å². The van der Waals surface area contributed by atoms with E-state index in [1.165, 1.54) is 0 Å². The van der Waals surface area contributed by atoms with Crippen molar-refractivity contribution >= 4 is 17.1 Å². The molecule has 0 saturated heterocycles. The number of carboxylic acids is 1. The highest BCUT2D eigenvalue weighted by Crippen LogP contribution is 2.23. The number of aliphatic carboxylic acids is 1. The van der Waals surface area contributed by atoms with Gasteiger partial charge in [-0.25, -0.2) is 4.79 Å². The standard InChI is InChI=1S/C13H16N2O4/c1-7(12(16)17)5-9(14-2)8-3-4-11-10(6-8)15-13(18)19-11/h3-4,6-7,9,14H,5H2,1-2H3,(H,15,18)(H,16,17). The third-order valence-electron chi connectivity index (χ3n) is 3.20. The monoisotopic (exact) mass is 264 g/mol. The molecule has 2 unspecified atom stereocenters. The van der Waals surface area contributed by atoms with Crippen molar-refractivity contribution in [2.45, 2.75) is 19.4 Å². The molecule has 3 N–H and O–H groups in total. The minimum atomic E-state index is -0.821. The Morgan fingerprint density at radius 2 is 2.26 bits per heavy atom. The summed E-state index contributed by atoms with van der Waals surface area (Å²) < 4.78 is 4.93. The van der Waals surface area contributed by atoms with E-state index >= 15 is 0 Å². The van der Waals surface area contributed by atoms with E-state index in [0.717, 1.165) is 5.56 Å². The number of benzene rings is 1. The fraction of sp³-hybridized carbons (Fsp3) is 0.385. The maximum atomic E-state index is 11.1. The van der Waals surface area contributed by atoms with Crippen LogP contribution in [0.1, 0.15) is 24.9 Å². The predicted molar refractivity (Wildman–Crippen MR) is 70.1 cm³/mol. The van der Waals surface area contributed by atoms with E-state index in [0.29, 0.717) is 17.5 Å². The summed E-state index contributed by atoms with van der Waals surface area (Å²) in [6.07, 6.45) is 0.472. The first-order valence-electron chi connectivity index (χ1n) is 6.04. The van der Waals surface area contributed by atoms with E-state index in [4.69, 9.17) is 9.52 Å². The summed E-state index contributed by atoms with van der Waals surface area (Å²) in [5, 5.41) is 12.0. The second kappa shape index (κ2) is 5.27. The molecule has 6 nitrogen and oxygen atoms in total. The molecular weight excluding hydrogens is 248 g/mol. The van der Waals surface area contributed by atoms with Crippen LogP contribution in [0.3, 0.4) is 0 Å². The molecule has 1 aromatic heterocycles. The first-order chi connectivity index (χ1) is 9.01. The lowest BCUT2D eigenvalue weighted by atomic mass is 9.96. The fourth-order valence-corrected chi connectivity index (χ4v) is 2.06. The normalized spacial score (nSPS) is 14.4. The van der Waals surface area contributed by atoms with E-state index in [1.807, 2.05) is 6.07 Å². The summed E-state index contributed by atoms with van der Waals surface area (Å²) in [4.78, 5) is 24.6. The van der Waals surface area contributed by atoms with Crippen LogP contribution in [0.15, 0.2) is 27.4 Å². The van der Waals surface area contributed by atoms with Crippen molar-refractivity contribution < 1.29 is 14.3 Å². The molecule has 19 heavy (non-hydrogen) atoms. The number of H-pyrrole nitrogens is 1. The summed E-state index contributed by atoms with van der Waals surface area (Å²) in [5.74, 6) is -1.76. The summed E-state index contributed by atoms with van der Waals surface area (Å²) in [6, 6.07) is 5.25. The highest BCUT2D eigenvalue weighted by atomic mass is 16.4. The number of carbonyl (C=O) groups is 1. The quantitative estimate of drug-likeness (QED) is 0.760. The van der Waals surface area contributed by atoms with Crippen LogP contribution >= 0.6 is 0 Å². The number of rotatable bonds is 5. The minimum Gasteiger partial charge on any atom is -0.481 e. The molecule has 2 aromatic rings. The van der Waals surface area contributed by atoms with Gasteiger partial charge in [0.15, 0.2) is 5.58 Å². The Labute approximate surface area is 109 Å². The van der Waals surface area contributed by atoms with Crippen LogP contribution in [0.5, 0.6) is 0 Å². The topological polar surface area (TPSA) is 95.3 Å². The van der Waals surface area contributed by atoms with Gasteiger partial charge in [-0.05, 0) is 31.2 Å². The SMILES string of the molecule is CNC(CC(C)C(=O)O)c1ccc2oc(=O)[nH]c2c1. The van der Waals surface area contributed by atoms with Gasteiger partial charge >= 0.3 is 11.7 Å². The minimum absolute atomic E-state index is 0.0890. The lowest BCUT2D eigenvalue weighted by Crippen LogP contribution is -2.22. The second-order valence-electron chi connectivity index (χ2n) is 4.59. The Morgan fingerprint density at radius 3 is 2.89 bits per heavy atom. The molecule has 0 fully saturated rings. The van der Waals surface area contributed by atoms with E-state index in [1.54, 1.807) is 26.1 Å². The van der Waals surface area contributed by atoms with Gasteiger partial charge in [0.2, 0.25) is 0 Å². The van der Waals surface area contributed by atoms with Crippen LogP contribution in [0.2, 0.25) is 0 Å².